The first-order valence-electron chi connectivity index (χ1n) is 5.29. The number of ether oxygens (including phenoxy) is 1. The number of amides is 1. The highest BCUT2D eigenvalue weighted by molar-refractivity contribution is 6.30. The molecule has 0 unspecified atom stereocenters. The van der Waals surface area contributed by atoms with E-state index in [1.54, 1.807) is 24.3 Å². The summed E-state index contributed by atoms with van der Waals surface area (Å²) in [6, 6.07) is 6.88. The van der Waals surface area contributed by atoms with E-state index in [1.165, 1.54) is 0 Å². The summed E-state index contributed by atoms with van der Waals surface area (Å²) in [5.41, 5.74) is 5.98. The average Bonchev–Trinajstić information content (AvgIpc) is 2.19. The predicted octanol–water partition coefficient (Wildman–Crippen LogP) is 2.03. The largest absolute Gasteiger partial charge is 0.370 e. The molecule has 0 heterocycles. The summed E-state index contributed by atoms with van der Waals surface area (Å²) in [5.74, 6) is -0.212. The van der Waals surface area contributed by atoms with Gasteiger partial charge < -0.3 is 15.8 Å². The Bertz CT molecular complexity index is 371. The molecule has 0 atom stereocenters. The first-order valence-corrected chi connectivity index (χ1v) is 5.67. The molecular formula is C12H17ClN2O2. The van der Waals surface area contributed by atoms with Gasteiger partial charge in [0.15, 0.2) is 0 Å². The van der Waals surface area contributed by atoms with Gasteiger partial charge in [0.1, 0.15) is 6.61 Å². The van der Waals surface area contributed by atoms with Crippen molar-refractivity contribution in [3.8, 4) is 0 Å². The third kappa shape index (κ3) is 6.26. The number of hydrogen-bond acceptors (Lipinski definition) is 3. The topological polar surface area (TPSA) is 64.3 Å². The van der Waals surface area contributed by atoms with Gasteiger partial charge in [0.25, 0.3) is 0 Å². The van der Waals surface area contributed by atoms with E-state index in [4.69, 9.17) is 22.1 Å². The van der Waals surface area contributed by atoms with E-state index in [0.29, 0.717) is 17.3 Å². The average molecular weight is 257 g/mol. The number of anilines is 1. The molecule has 0 spiro atoms. The molecule has 1 aromatic carbocycles. The minimum atomic E-state index is -0.430. The maximum atomic E-state index is 11.5. The molecule has 0 aromatic heterocycles. The summed E-state index contributed by atoms with van der Waals surface area (Å²) in [6.45, 7) is 4.00. The third-order valence-electron chi connectivity index (χ3n) is 1.84. The fourth-order valence-electron chi connectivity index (χ4n) is 1.14. The molecule has 0 aliphatic rings. The summed E-state index contributed by atoms with van der Waals surface area (Å²) in [5, 5.41) is 3.32. The molecule has 0 saturated carbocycles. The maximum Gasteiger partial charge on any atom is 0.250 e. The van der Waals surface area contributed by atoms with Crippen molar-refractivity contribution >= 4 is 23.2 Å². The lowest BCUT2D eigenvalue weighted by Gasteiger charge is -2.17. The molecule has 0 bridgehead atoms. The van der Waals surface area contributed by atoms with Crippen molar-refractivity contribution in [2.75, 3.05) is 18.5 Å². The summed E-state index contributed by atoms with van der Waals surface area (Å²) in [6.07, 6.45) is 0. The first kappa shape index (κ1) is 14.0. The summed E-state index contributed by atoms with van der Waals surface area (Å²) < 4.78 is 5.19. The highest BCUT2D eigenvalue weighted by Gasteiger charge is 2.11. The fourth-order valence-corrected chi connectivity index (χ4v) is 1.26. The van der Waals surface area contributed by atoms with Gasteiger partial charge in [-0.1, -0.05) is 11.6 Å². The second-order valence-corrected chi connectivity index (χ2v) is 4.97. The fraction of sp³-hybridized carbons (Fsp3) is 0.417. The van der Waals surface area contributed by atoms with Gasteiger partial charge in [-0.3, -0.25) is 4.79 Å². The molecule has 0 fully saturated rings. The van der Waals surface area contributed by atoms with Crippen LogP contribution in [0.2, 0.25) is 5.02 Å². The molecule has 3 N–H and O–H groups in total. The molecule has 1 aromatic rings. The van der Waals surface area contributed by atoms with Gasteiger partial charge in [-0.15, -0.1) is 0 Å². The molecule has 17 heavy (non-hydrogen) atoms. The van der Waals surface area contributed by atoms with Gasteiger partial charge in [-0.05, 0) is 38.1 Å². The van der Waals surface area contributed by atoms with Crippen molar-refractivity contribution in [3.05, 3.63) is 29.3 Å². The Morgan fingerprint density at radius 3 is 2.53 bits per heavy atom. The van der Waals surface area contributed by atoms with Crippen molar-refractivity contribution in [1.29, 1.82) is 0 Å². The van der Waals surface area contributed by atoms with Gasteiger partial charge in [0.05, 0.1) is 6.61 Å². The molecule has 0 radical (unpaired) electrons. The van der Waals surface area contributed by atoms with Crippen LogP contribution in [-0.2, 0) is 9.53 Å². The minimum Gasteiger partial charge on any atom is -0.370 e. The normalized spacial score (nSPS) is 11.3. The van der Waals surface area contributed by atoms with Crippen LogP contribution in [0.4, 0.5) is 5.69 Å². The molecule has 0 saturated heterocycles. The van der Waals surface area contributed by atoms with Crippen LogP contribution in [0.25, 0.3) is 0 Å². The van der Waals surface area contributed by atoms with E-state index in [0.717, 1.165) is 0 Å². The van der Waals surface area contributed by atoms with E-state index in [-0.39, 0.29) is 12.5 Å². The van der Waals surface area contributed by atoms with Gasteiger partial charge in [-0.2, -0.15) is 0 Å². The molecular weight excluding hydrogens is 240 g/mol. The zero-order valence-corrected chi connectivity index (χ0v) is 10.8. The van der Waals surface area contributed by atoms with Crippen LogP contribution >= 0.6 is 11.6 Å². The Morgan fingerprint density at radius 1 is 1.41 bits per heavy atom. The van der Waals surface area contributed by atoms with Crippen molar-refractivity contribution in [1.82, 2.24) is 0 Å². The number of carbonyl (C=O) groups is 1. The van der Waals surface area contributed by atoms with Crippen molar-refractivity contribution in [2.45, 2.75) is 19.4 Å². The second kappa shape index (κ2) is 6.00. The maximum absolute atomic E-state index is 11.5. The van der Waals surface area contributed by atoms with Crippen LogP contribution in [0.1, 0.15) is 13.8 Å². The van der Waals surface area contributed by atoms with Crippen LogP contribution in [0.15, 0.2) is 24.3 Å². The number of rotatable bonds is 5. The van der Waals surface area contributed by atoms with E-state index in [9.17, 15) is 4.79 Å². The third-order valence-corrected chi connectivity index (χ3v) is 2.09. The lowest BCUT2D eigenvalue weighted by atomic mass is 10.1. The highest BCUT2D eigenvalue weighted by Crippen LogP contribution is 2.13. The molecule has 0 aliphatic heterocycles. The second-order valence-electron chi connectivity index (χ2n) is 4.54. The van der Waals surface area contributed by atoms with E-state index in [1.807, 2.05) is 13.8 Å². The first-order chi connectivity index (χ1) is 7.87. The van der Waals surface area contributed by atoms with E-state index >= 15 is 0 Å². The Kier molecular flexibility index (Phi) is 4.93. The van der Waals surface area contributed by atoms with Gasteiger partial charge >= 0.3 is 0 Å². The Balaban J connectivity index is 2.32. The van der Waals surface area contributed by atoms with Crippen LogP contribution < -0.4 is 11.1 Å². The van der Waals surface area contributed by atoms with Crippen molar-refractivity contribution in [2.24, 2.45) is 5.73 Å². The highest BCUT2D eigenvalue weighted by atomic mass is 35.5. The number of hydrogen-bond donors (Lipinski definition) is 2. The van der Waals surface area contributed by atoms with Gasteiger partial charge in [0, 0.05) is 16.2 Å². The zero-order valence-electron chi connectivity index (χ0n) is 10.00. The number of halogens is 1. The summed E-state index contributed by atoms with van der Waals surface area (Å²) >= 11 is 5.73. The lowest BCUT2D eigenvalue weighted by Crippen LogP contribution is -2.38. The molecule has 94 valence electrons. The van der Waals surface area contributed by atoms with Gasteiger partial charge in [-0.25, -0.2) is 0 Å². The summed E-state index contributed by atoms with van der Waals surface area (Å²) in [4.78, 5) is 11.5. The molecule has 1 rings (SSSR count). The zero-order chi connectivity index (χ0) is 12.9. The quantitative estimate of drug-likeness (QED) is 0.847. The van der Waals surface area contributed by atoms with Crippen LogP contribution in [0.5, 0.6) is 0 Å². The number of carbonyl (C=O) groups excluding carboxylic acids is 1. The van der Waals surface area contributed by atoms with Crippen molar-refractivity contribution in [3.63, 3.8) is 0 Å². The van der Waals surface area contributed by atoms with Crippen LogP contribution in [0, 0.1) is 0 Å². The smallest absolute Gasteiger partial charge is 0.250 e. The van der Waals surface area contributed by atoms with E-state index < -0.39 is 5.54 Å². The molecule has 5 heteroatoms. The number of nitrogens with two attached hydrogens (primary N) is 1. The number of benzene rings is 1. The van der Waals surface area contributed by atoms with E-state index in [2.05, 4.69) is 5.32 Å². The number of nitrogens with one attached hydrogen (secondary N) is 1. The lowest BCUT2D eigenvalue weighted by molar-refractivity contribution is -0.121. The van der Waals surface area contributed by atoms with Crippen LogP contribution in [-0.4, -0.2) is 24.7 Å². The Hall–Kier alpha value is -1.10. The van der Waals surface area contributed by atoms with Crippen molar-refractivity contribution < 1.29 is 9.53 Å². The summed E-state index contributed by atoms with van der Waals surface area (Å²) in [7, 11) is 0. The Morgan fingerprint density at radius 2 is 2.00 bits per heavy atom. The van der Waals surface area contributed by atoms with Crippen LogP contribution in [0.3, 0.4) is 0 Å². The monoisotopic (exact) mass is 256 g/mol. The molecule has 4 nitrogen and oxygen atoms in total. The molecule has 1 amide bonds. The predicted molar refractivity (Wildman–Crippen MR) is 69.2 cm³/mol. The van der Waals surface area contributed by atoms with Gasteiger partial charge in [0.2, 0.25) is 5.91 Å². The Labute approximate surface area is 106 Å². The SMILES string of the molecule is CC(C)(N)COCC(=O)Nc1ccc(Cl)cc1. The minimum absolute atomic E-state index is 0.0107. The molecule has 0 aliphatic carbocycles. The standard InChI is InChI=1S/C12H17ClN2O2/c1-12(2,14)8-17-7-11(16)15-10-5-3-9(13)4-6-10/h3-6H,7-8,14H2,1-2H3,(H,15,16).